The Labute approximate surface area is 123 Å². The van der Waals surface area contributed by atoms with Crippen molar-refractivity contribution in [2.75, 3.05) is 29.0 Å². The van der Waals surface area contributed by atoms with E-state index in [0.29, 0.717) is 11.4 Å². The lowest BCUT2D eigenvalue weighted by Crippen LogP contribution is -2.19. The summed E-state index contributed by atoms with van der Waals surface area (Å²) in [6.45, 7) is 2.15. The molecule has 0 spiro atoms. The van der Waals surface area contributed by atoms with Gasteiger partial charge >= 0.3 is 0 Å². The van der Waals surface area contributed by atoms with Gasteiger partial charge in [-0.25, -0.2) is 0 Å². The quantitative estimate of drug-likeness (QED) is 0.902. The molecule has 0 radical (unpaired) electrons. The van der Waals surface area contributed by atoms with Crippen LogP contribution in [0.1, 0.15) is 23.3 Å². The number of rotatable bonds is 3. The largest absolute Gasteiger partial charge is 0.396 e. The minimum absolute atomic E-state index is 0.244. The highest BCUT2D eigenvalue weighted by Crippen LogP contribution is 2.24. The molecule has 1 aliphatic rings. The summed E-state index contributed by atoms with van der Waals surface area (Å²) in [6.07, 6.45) is 3.93. The number of benzene rings is 1. The standard InChI is InChI=1S/C15H19N5O/c1-19-14(13(16)10-17-19)15(21)18-11-5-4-6-12(9-11)20-7-2-3-8-20/h4-6,9-10H,2-3,7-8,16H2,1H3,(H,18,21). The Morgan fingerprint density at radius 2 is 2.10 bits per heavy atom. The molecular weight excluding hydrogens is 266 g/mol. The van der Waals surface area contributed by atoms with Crippen molar-refractivity contribution in [2.45, 2.75) is 12.8 Å². The molecule has 6 heteroatoms. The summed E-state index contributed by atoms with van der Waals surface area (Å²) in [5, 5.41) is 6.87. The van der Waals surface area contributed by atoms with Gasteiger partial charge in [-0.1, -0.05) is 6.07 Å². The van der Waals surface area contributed by atoms with E-state index < -0.39 is 0 Å². The van der Waals surface area contributed by atoms with Gasteiger partial charge in [-0.15, -0.1) is 0 Å². The lowest BCUT2D eigenvalue weighted by molar-refractivity contribution is 0.101. The smallest absolute Gasteiger partial charge is 0.276 e. The van der Waals surface area contributed by atoms with Crippen molar-refractivity contribution in [2.24, 2.45) is 7.05 Å². The van der Waals surface area contributed by atoms with E-state index in [1.165, 1.54) is 23.7 Å². The number of aryl methyl sites for hydroxylation is 1. The second kappa shape index (κ2) is 5.47. The Bertz CT molecular complexity index is 638. The van der Waals surface area contributed by atoms with E-state index in [9.17, 15) is 4.79 Å². The monoisotopic (exact) mass is 285 g/mol. The fraction of sp³-hybridized carbons (Fsp3) is 0.333. The summed E-state index contributed by atoms with van der Waals surface area (Å²) in [5.41, 5.74) is 8.44. The maximum Gasteiger partial charge on any atom is 0.276 e. The van der Waals surface area contributed by atoms with Crippen molar-refractivity contribution in [1.82, 2.24) is 9.78 Å². The molecule has 1 aromatic carbocycles. The van der Waals surface area contributed by atoms with Crippen molar-refractivity contribution >= 4 is 23.0 Å². The topological polar surface area (TPSA) is 76.2 Å². The molecule has 0 saturated carbocycles. The molecule has 1 amide bonds. The SMILES string of the molecule is Cn1ncc(N)c1C(=O)Nc1cccc(N2CCCC2)c1. The van der Waals surface area contributed by atoms with Crippen LogP contribution in [0.15, 0.2) is 30.5 Å². The van der Waals surface area contributed by atoms with Gasteiger partial charge in [0.25, 0.3) is 5.91 Å². The molecule has 6 nitrogen and oxygen atoms in total. The molecule has 110 valence electrons. The zero-order valence-electron chi connectivity index (χ0n) is 12.0. The number of nitrogens with two attached hydrogens (primary N) is 1. The number of carbonyl (C=O) groups is 1. The molecule has 1 aromatic heterocycles. The summed E-state index contributed by atoms with van der Waals surface area (Å²) >= 11 is 0. The van der Waals surface area contributed by atoms with Crippen LogP contribution in [0.4, 0.5) is 17.1 Å². The number of aromatic nitrogens is 2. The van der Waals surface area contributed by atoms with Gasteiger partial charge in [0.2, 0.25) is 0 Å². The molecular formula is C15H19N5O. The lowest BCUT2D eigenvalue weighted by Gasteiger charge is -2.18. The van der Waals surface area contributed by atoms with Gasteiger partial charge < -0.3 is 16.0 Å². The molecule has 1 fully saturated rings. The van der Waals surface area contributed by atoms with E-state index >= 15 is 0 Å². The summed E-state index contributed by atoms with van der Waals surface area (Å²) in [7, 11) is 1.70. The number of amides is 1. The first-order valence-corrected chi connectivity index (χ1v) is 7.09. The van der Waals surface area contributed by atoms with Gasteiger partial charge in [0.1, 0.15) is 5.69 Å². The second-order valence-electron chi connectivity index (χ2n) is 5.27. The van der Waals surface area contributed by atoms with Crippen LogP contribution in [0.2, 0.25) is 0 Å². The zero-order valence-corrected chi connectivity index (χ0v) is 12.0. The maximum atomic E-state index is 12.3. The summed E-state index contributed by atoms with van der Waals surface area (Å²) in [4.78, 5) is 14.6. The first kappa shape index (κ1) is 13.5. The van der Waals surface area contributed by atoms with Crippen molar-refractivity contribution in [1.29, 1.82) is 0 Å². The predicted molar refractivity (Wildman–Crippen MR) is 83.5 cm³/mol. The van der Waals surface area contributed by atoms with Gasteiger partial charge in [-0.2, -0.15) is 5.10 Å². The molecule has 3 N–H and O–H groups in total. The predicted octanol–water partition coefficient (Wildman–Crippen LogP) is 1.85. The van der Waals surface area contributed by atoms with Crippen LogP contribution in [-0.2, 0) is 7.05 Å². The van der Waals surface area contributed by atoms with E-state index in [0.717, 1.165) is 24.5 Å². The lowest BCUT2D eigenvalue weighted by atomic mass is 10.2. The van der Waals surface area contributed by atoms with Crippen LogP contribution in [-0.4, -0.2) is 28.8 Å². The number of anilines is 3. The molecule has 0 aliphatic carbocycles. The number of nitrogens with zero attached hydrogens (tertiary/aromatic N) is 3. The average molecular weight is 285 g/mol. The normalized spacial score (nSPS) is 14.4. The van der Waals surface area contributed by atoms with E-state index in [1.807, 2.05) is 18.2 Å². The van der Waals surface area contributed by atoms with Crippen LogP contribution < -0.4 is 16.0 Å². The third-order valence-electron chi connectivity index (χ3n) is 3.76. The number of hydrogen-bond donors (Lipinski definition) is 2. The van der Waals surface area contributed by atoms with E-state index in [2.05, 4.69) is 21.4 Å². The highest BCUT2D eigenvalue weighted by Gasteiger charge is 2.16. The molecule has 0 unspecified atom stereocenters. The minimum atomic E-state index is -0.244. The van der Waals surface area contributed by atoms with Crippen molar-refractivity contribution in [3.8, 4) is 0 Å². The molecule has 1 saturated heterocycles. The fourth-order valence-electron chi connectivity index (χ4n) is 2.68. The molecule has 21 heavy (non-hydrogen) atoms. The first-order valence-electron chi connectivity index (χ1n) is 7.09. The summed E-state index contributed by atoms with van der Waals surface area (Å²) in [5.74, 6) is -0.244. The van der Waals surface area contributed by atoms with Gasteiger partial charge in [0, 0.05) is 31.5 Å². The van der Waals surface area contributed by atoms with Crippen LogP contribution in [0.25, 0.3) is 0 Å². The van der Waals surface area contributed by atoms with Gasteiger partial charge in [0.15, 0.2) is 0 Å². The van der Waals surface area contributed by atoms with E-state index in [-0.39, 0.29) is 5.91 Å². The number of carbonyl (C=O) groups excluding carboxylic acids is 1. The van der Waals surface area contributed by atoms with Crippen molar-refractivity contribution in [3.05, 3.63) is 36.2 Å². The second-order valence-corrected chi connectivity index (χ2v) is 5.27. The Morgan fingerprint density at radius 1 is 1.33 bits per heavy atom. The van der Waals surface area contributed by atoms with E-state index in [1.54, 1.807) is 7.05 Å². The number of nitrogens with one attached hydrogen (secondary N) is 1. The Morgan fingerprint density at radius 3 is 2.76 bits per heavy atom. The molecule has 2 aromatic rings. The van der Waals surface area contributed by atoms with E-state index in [4.69, 9.17) is 5.73 Å². The summed E-state index contributed by atoms with van der Waals surface area (Å²) < 4.78 is 1.48. The number of hydrogen-bond acceptors (Lipinski definition) is 4. The third-order valence-corrected chi connectivity index (χ3v) is 3.76. The first-order chi connectivity index (χ1) is 10.1. The van der Waals surface area contributed by atoms with Gasteiger partial charge in [-0.3, -0.25) is 9.48 Å². The summed E-state index contributed by atoms with van der Waals surface area (Å²) in [6, 6.07) is 7.90. The van der Waals surface area contributed by atoms with Crippen LogP contribution in [0.3, 0.4) is 0 Å². The molecule has 2 heterocycles. The molecule has 1 aliphatic heterocycles. The maximum absolute atomic E-state index is 12.3. The van der Waals surface area contributed by atoms with Crippen LogP contribution in [0, 0.1) is 0 Å². The van der Waals surface area contributed by atoms with Gasteiger partial charge in [0.05, 0.1) is 11.9 Å². The Kier molecular flexibility index (Phi) is 3.51. The van der Waals surface area contributed by atoms with Crippen molar-refractivity contribution < 1.29 is 4.79 Å². The van der Waals surface area contributed by atoms with Gasteiger partial charge in [-0.05, 0) is 31.0 Å². The third kappa shape index (κ3) is 2.69. The molecule has 3 rings (SSSR count). The Hall–Kier alpha value is -2.50. The average Bonchev–Trinajstić information content (AvgIpc) is 3.09. The highest BCUT2D eigenvalue weighted by molar-refractivity contribution is 6.06. The number of nitrogen functional groups attached to an aromatic ring is 1. The minimum Gasteiger partial charge on any atom is -0.396 e. The van der Waals surface area contributed by atoms with Crippen molar-refractivity contribution in [3.63, 3.8) is 0 Å². The zero-order chi connectivity index (χ0) is 14.8. The van der Waals surface area contributed by atoms with Crippen LogP contribution >= 0.6 is 0 Å². The molecule has 0 bridgehead atoms. The Balaban J connectivity index is 1.78. The van der Waals surface area contributed by atoms with Crippen LogP contribution in [0.5, 0.6) is 0 Å². The highest BCUT2D eigenvalue weighted by atomic mass is 16.2. The molecule has 0 atom stereocenters. The fourth-order valence-corrected chi connectivity index (χ4v) is 2.68.